The molecule has 5 rings (SSSR count). The van der Waals surface area contributed by atoms with Crippen molar-refractivity contribution in [2.45, 2.75) is 25.4 Å². The zero-order valence-electron chi connectivity index (χ0n) is 21.6. The van der Waals surface area contributed by atoms with Crippen LogP contribution < -0.4 is 10.1 Å². The van der Waals surface area contributed by atoms with E-state index in [0.717, 1.165) is 12.1 Å². The second-order valence-corrected chi connectivity index (χ2v) is 10.4. The van der Waals surface area contributed by atoms with Gasteiger partial charge in [0, 0.05) is 28.7 Å². The molecule has 2 atom stereocenters. The van der Waals surface area contributed by atoms with Crippen LogP contribution in [0.5, 0.6) is 5.75 Å². The molecule has 1 amide bonds. The van der Waals surface area contributed by atoms with Gasteiger partial charge in [0.15, 0.2) is 0 Å². The van der Waals surface area contributed by atoms with Crippen molar-refractivity contribution in [1.29, 1.82) is 0 Å². The Hall–Kier alpha value is -3.95. The summed E-state index contributed by atoms with van der Waals surface area (Å²) in [7, 11) is 0. The van der Waals surface area contributed by atoms with E-state index in [1.807, 2.05) is 0 Å². The molecule has 1 heterocycles. The lowest BCUT2D eigenvalue weighted by atomic mass is 9.89. The monoisotopic (exact) mass is 618 g/mol. The van der Waals surface area contributed by atoms with Crippen molar-refractivity contribution < 1.29 is 31.5 Å². The molecule has 0 bridgehead atoms. The van der Waals surface area contributed by atoms with Crippen LogP contribution in [0.3, 0.4) is 0 Å². The Bertz CT molecular complexity index is 1620. The van der Waals surface area contributed by atoms with Crippen molar-refractivity contribution in [2.75, 3.05) is 0 Å². The summed E-state index contributed by atoms with van der Waals surface area (Å²) in [4.78, 5) is 18.0. The first-order chi connectivity index (χ1) is 20.0. The first-order valence-electron chi connectivity index (χ1n) is 12.7. The van der Waals surface area contributed by atoms with Crippen LogP contribution in [0.2, 0.25) is 10.0 Å². The average Bonchev–Trinajstić information content (AvgIpc) is 3.37. The number of hydrogen-bond acceptors (Lipinski definition) is 3. The van der Waals surface area contributed by atoms with Gasteiger partial charge in [0.25, 0.3) is 0 Å². The zero-order chi connectivity index (χ0) is 30.0. The number of nitrogens with one attached hydrogen (secondary N) is 1. The van der Waals surface area contributed by atoms with Gasteiger partial charge in [-0.25, -0.2) is 8.78 Å². The third kappa shape index (κ3) is 6.74. The third-order valence-corrected chi connectivity index (χ3v) is 7.41. The molecule has 1 aliphatic rings. The fourth-order valence-corrected chi connectivity index (χ4v) is 5.29. The van der Waals surface area contributed by atoms with E-state index in [0.29, 0.717) is 32.3 Å². The lowest BCUT2D eigenvalue weighted by Crippen LogP contribution is -2.32. The first kappa shape index (κ1) is 29.5. The van der Waals surface area contributed by atoms with E-state index in [1.54, 1.807) is 42.5 Å². The van der Waals surface area contributed by atoms with E-state index in [9.17, 15) is 26.7 Å². The van der Waals surface area contributed by atoms with Crippen molar-refractivity contribution in [3.63, 3.8) is 0 Å². The van der Waals surface area contributed by atoms with Crippen molar-refractivity contribution in [3.05, 3.63) is 123 Å². The highest BCUT2D eigenvalue weighted by Gasteiger charge is 2.38. The highest BCUT2D eigenvalue weighted by molar-refractivity contribution is 6.35. The summed E-state index contributed by atoms with van der Waals surface area (Å²) in [5.74, 6) is -3.07. The third-order valence-electron chi connectivity index (χ3n) is 6.82. The van der Waals surface area contributed by atoms with Crippen LogP contribution in [0.1, 0.15) is 29.2 Å². The summed E-state index contributed by atoms with van der Waals surface area (Å²) < 4.78 is 70.7. The number of nitrogens with zero attached hydrogens (tertiary/aromatic N) is 1. The Morgan fingerprint density at radius 2 is 1.52 bits per heavy atom. The predicted octanol–water partition coefficient (Wildman–Crippen LogP) is 8.70. The SMILES string of the molecule is O=C(NCc1ccc(Cl)cc1Cl)C1CC(c2c(F)cccc2F)=NC1c1ccc(-c2ccc(OC(F)(F)F)cc2)cc1. The number of amides is 1. The molecular formula is C31H21Cl2F5N2O2. The highest BCUT2D eigenvalue weighted by Crippen LogP contribution is 2.39. The molecule has 42 heavy (non-hydrogen) atoms. The quantitative estimate of drug-likeness (QED) is 0.211. The molecule has 0 saturated carbocycles. The van der Waals surface area contributed by atoms with Crippen LogP contribution in [0.25, 0.3) is 11.1 Å². The van der Waals surface area contributed by atoms with Crippen LogP contribution in [0.4, 0.5) is 22.0 Å². The molecule has 11 heteroatoms. The second-order valence-electron chi connectivity index (χ2n) is 9.58. The number of carbonyl (C=O) groups excluding carboxylic acids is 1. The highest BCUT2D eigenvalue weighted by atomic mass is 35.5. The standard InChI is InChI=1S/C31H21Cl2F5N2O2/c32-21-11-8-20(24(33)14-21)16-39-30(41)23-15-27(28-25(34)2-1-3-26(28)35)40-29(23)19-6-4-17(5-7-19)18-9-12-22(13-10-18)42-31(36,37)38/h1-14,23,29H,15-16H2,(H,39,41). The molecule has 0 saturated heterocycles. The number of alkyl halides is 3. The minimum absolute atomic E-state index is 0.00881. The molecule has 2 unspecified atom stereocenters. The molecule has 0 spiro atoms. The Morgan fingerprint density at radius 1 is 0.905 bits per heavy atom. The van der Waals surface area contributed by atoms with E-state index >= 15 is 0 Å². The van der Waals surface area contributed by atoms with Gasteiger partial charge in [0.05, 0.1) is 17.5 Å². The number of rotatable bonds is 7. The lowest BCUT2D eigenvalue weighted by molar-refractivity contribution is -0.274. The van der Waals surface area contributed by atoms with E-state index < -0.39 is 30.0 Å². The number of carbonyl (C=O) groups is 1. The van der Waals surface area contributed by atoms with Crippen LogP contribution in [0.15, 0.2) is 89.9 Å². The summed E-state index contributed by atoms with van der Waals surface area (Å²) >= 11 is 12.2. The fraction of sp³-hybridized carbons (Fsp3) is 0.161. The molecule has 1 N–H and O–H groups in total. The van der Waals surface area contributed by atoms with Gasteiger partial charge in [-0.3, -0.25) is 9.79 Å². The minimum atomic E-state index is -4.79. The van der Waals surface area contributed by atoms with Gasteiger partial charge in [-0.2, -0.15) is 0 Å². The van der Waals surface area contributed by atoms with E-state index in [1.165, 1.54) is 30.3 Å². The molecule has 4 nitrogen and oxygen atoms in total. The normalized spacial score (nSPS) is 16.7. The number of ether oxygens (including phenoxy) is 1. The Balaban J connectivity index is 1.41. The summed E-state index contributed by atoms with van der Waals surface area (Å²) in [5.41, 5.74) is 2.43. The van der Waals surface area contributed by atoms with Crippen LogP contribution in [-0.2, 0) is 11.3 Å². The van der Waals surface area contributed by atoms with Crippen LogP contribution in [-0.4, -0.2) is 18.0 Å². The molecule has 0 radical (unpaired) electrons. The smallest absolute Gasteiger partial charge is 0.406 e. The number of aliphatic imine (C=N–C) groups is 1. The first-order valence-corrected chi connectivity index (χ1v) is 13.4. The number of benzene rings is 4. The second kappa shape index (κ2) is 12.1. The summed E-state index contributed by atoms with van der Waals surface area (Å²) in [6, 6.07) is 20.0. The molecule has 216 valence electrons. The van der Waals surface area contributed by atoms with Gasteiger partial charge in [0.1, 0.15) is 17.4 Å². The molecule has 4 aromatic carbocycles. The van der Waals surface area contributed by atoms with Crippen LogP contribution >= 0.6 is 23.2 Å². The van der Waals surface area contributed by atoms with Crippen LogP contribution in [0, 0.1) is 17.6 Å². The Kier molecular flexibility index (Phi) is 8.52. The summed E-state index contributed by atoms with van der Waals surface area (Å²) in [6.45, 7) is 0.106. The maximum Gasteiger partial charge on any atom is 0.573 e. The molecule has 0 fully saturated rings. The van der Waals surface area contributed by atoms with Gasteiger partial charge in [-0.1, -0.05) is 71.7 Å². The van der Waals surface area contributed by atoms with E-state index in [2.05, 4.69) is 15.0 Å². The van der Waals surface area contributed by atoms with E-state index in [4.69, 9.17) is 23.2 Å². The van der Waals surface area contributed by atoms with Gasteiger partial charge >= 0.3 is 6.36 Å². The van der Waals surface area contributed by atoms with Crippen molar-refractivity contribution in [2.24, 2.45) is 10.9 Å². The molecule has 0 aromatic heterocycles. The van der Waals surface area contributed by atoms with Crippen molar-refractivity contribution in [1.82, 2.24) is 5.32 Å². The molecule has 4 aromatic rings. The predicted molar refractivity (Wildman–Crippen MR) is 151 cm³/mol. The van der Waals surface area contributed by atoms with Crippen molar-refractivity contribution in [3.8, 4) is 16.9 Å². The zero-order valence-corrected chi connectivity index (χ0v) is 23.1. The topological polar surface area (TPSA) is 50.7 Å². The average molecular weight is 619 g/mol. The maximum atomic E-state index is 14.6. The number of hydrogen-bond donors (Lipinski definition) is 1. The largest absolute Gasteiger partial charge is 0.573 e. The maximum absolute atomic E-state index is 14.6. The van der Waals surface area contributed by atoms with Gasteiger partial charge in [-0.15, -0.1) is 13.2 Å². The Morgan fingerprint density at radius 3 is 2.12 bits per heavy atom. The van der Waals surface area contributed by atoms with Crippen molar-refractivity contribution >= 4 is 34.8 Å². The molecule has 0 aliphatic carbocycles. The molecule has 1 aliphatic heterocycles. The summed E-state index contributed by atoms with van der Waals surface area (Å²) in [6.07, 6.45) is -4.80. The summed E-state index contributed by atoms with van der Waals surface area (Å²) in [5, 5.41) is 3.67. The van der Waals surface area contributed by atoms with Gasteiger partial charge < -0.3 is 10.1 Å². The van der Waals surface area contributed by atoms with Gasteiger partial charge in [0.2, 0.25) is 5.91 Å². The molecular weight excluding hydrogens is 598 g/mol. The van der Waals surface area contributed by atoms with Gasteiger partial charge in [-0.05, 0) is 58.7 Å². The minimum Gasteiger partial charge on any atom is -0.406 e. The number of halogens is 7. The fourth-order valence-electron chi connectivity index (χ4n) is 4.81. The Labute approximate surface area is 247 Å². The van der Waals surface area contributed by atoms with E-state index in [-0.39, 0.29) is 35.9 Å². The lowest BCUT2D eigenvalue weighted by Gasteiger charge is -2.19.